The first-order valence-electron chi connectivity index (χ1n) is 13.9. The fraction of sp³-hybridized carbons (Fsp3) is 0.586. The molecule has 0 radical (unpaired) electrons. The number of benzene rings is 1. The van der Waals surface area contributed by atoms with Crippen molar-refractivity contribution in [2.75, 3.05) is 65.9 Å². The van der Waals surface area contributed by atoms with Gasteiger partial charge in [0.05, 0.1) is 45.3 Å². The highest BCUT2D eigenvalue weighted by Gasteiger charge is 2.41. The molecule has 0 saturated carbocycles. The van der Waals surface area contributed by atoms with Crippen LogP contribution in [0.15, 0.2) is 47.0 Å². The van der Waals surface area contributed by atoms with Gasteiger partial charge in [0, 0.05) is 56.4 Å². The lowest BCUT2D eigenvalue weighted by atomic mass is 9.81. The lowest BCUT2D eigenvalue weighted by Crippen LogP contribution is -2.45. The Morgan fingerprint density at radius 3 is 2.45 bits per heavy atom. The summed E-state index contributed by atoms with van der Waals surface area (Å²) >= 11 is 0. The van der Waals surface area contributed by atoms with Crippen molar-refractivity contribution in [1.29, 1.82) is 0 Å². The Kier molecular flexibility index (Phi) is 11.0. The van der Waals surface area contributed by atoms with Crippen molar-refractivity contribution in [3.8, 4) is 5.69 Å². The third-order valence-electron chi connectivity index (χ3n) is 7.36. The molecule has 220 valence electrons. The van der Waals surface area contributed by atoms with E-state index in [0.29, 0.717) is 64.7 Å². The third-order valence-corrected chi connectivity index (χ3v) is 7.36. The van der Waals surface area contributed by atoms with E-state index in [1.807, 2.05) is 55.9 Å². The number of aliphatic hydroxyl groups excluding tert-OH is 1. The topological polar surface area (TPSA) is 114 Å². The Bertz CT molecular complexity index is 1190. The van der Waals surface area contributed by atoms with Crippen molar-refractivity contribution in [2.24, 2.45) is 13.0 Å². The maximum absolute atomic E-state index is 14.0. The summed E-state index contributed by atoms with van der Waals surface area (Å²) < 4.78 is 32.3. The van der Waals surface area contributed by atoms with Crippen LogP contribution in [0.5, 0.6) is 0 Å². The summed E-state index contributed by atoms with van der Waals surface area (Å²) in [5.41, 5.74) is 2.01. The molecule has 2 aliphatic heterocycles. The minimum Gasteiger partial charge on any atom is -0.459 e. The molecular formula is C29H41N3O8. The zero-order valence-electron chi connectivity index (χ0n) is 23.6. The smallest absolute Gasteiger partial charge is 0.288 e. The molecule has 11 nitrogen and oxygen atoms in total. The number of morpholine rings is 1. The summed E-state index contributed by atoms with van der Waals surface area (Å²) in [6, 6.07) is 9.49. The van der Waals surface area contributed by atoms with Crippen LogP contribution in [0.25, 0.3) is 5.69 Å². The molecule has 0 spiro atoms. The van der Waals surface area contributed by atoms with Crippen LogP contribution >= 0.6 is 0 Å². The highest BCUT2D eigenvalue weighted by molar-refractivity contribution is 5.92. The molecule has 3 atom stereocenters. The predicted molar refractivity (Wildman–Crippen MR) is 147 cm³/mol. The normalized spacial score (nSPS) is 21.2. The molecule has 2 aliphatic rings. The zero-order valence-corrected chi connectivity index (χ0v) is 23.6. The van der Waals surface area contributed by atoms with E-state index in [0.717, 1.165) is 11.4 Å². The summed E-state index contributed by atoms with van der Waals surface area (Å²) in [4.78, 5) is 29.3. The molecule has 1 N–H and O–H groups in total. The van der Waals surface area contributed by atoms with E-state index in [4.69, 9.17) is 28.8 Å². The van der Waals surface area contributed by atoms with Gasteiger partial charge in [-0.25, -0.2) is 4.68 Å². The van der Waals surface area contributed by atoms with Crippen LogP contribution in [0.3, 0.4) is 0 Å². The number of carbonyl (C=O) groups excluding carboxylic acids is 1. The Balaban J connectivity index is 1.69. The lowest BCUT2D eigenvalue weighted by molar-refractivity contribution is -0.173. The SMILES string of the molecule is CCOC1OC(C(=O)N2CCOCC2)=CC(c2c(C)n(C)n(-c3ccccc3)c2=O)C1CCOCCOCCO. The van der Waals surface area contributed by atoms with Gasteiger partial charge < -0.3 is 33.7 Å². The number of aromatic nitrogens is 2. The summed E-state index contributed by atoms with van der Waals surface area (Å²) in [6.07, 6.45) is 1.59. The molecule has 11 heteroatoms. The third kappa shape index (κ3) is 6.84. The highest BCUT2D eigenvalue weighted by atomic mass is 16.7. The van der Waals surface area contributed by atoms with Crippen molar-refractivity contribution >= 4 is 5.91 Å². The second-order valence-corrected chi connectivity index (χ2v) is 9.78. The van der Waals surface area contributed by atoms with E-state index < -0.39 is 12.2 Å². The molecule has 2 aromatic rings. The molecule has 3 heterocycles. The number of allylic oxidation sites excluding steroid dienone is 1. The first-order chi connectivity index (χ1) is 19.5. The summed E-state index contributed by atoms with van der Waals surface area (Å²) in [6.45, 7) is 7.43. The van der Waals surface area contributed by atoms with E-state index in [1.54, 1.807) is 15.7 Å². The first kappa shape index (κ1) is 30.0. The molecule has 40 heavy (non-hydrogen) atoms. The van der Waals surface area contributed by atoms with Gasteiger partial charge in [0.25, 0.3) is 11.5 Å². The van der Waals surface area contributed by atoms with Crippen molar-refractivity contribution in [1.82, 2.24) is 14.3 Å². The average Bonchev–Trinajstić information content (AvgIpc) is 3.20. The maximum atomic E-state index is 14.0. The van der Waals surface area contributed by atoms with E-state index >= 15 is 0 Å². The van der Waals surface area contributed by atoms with Crippen LogP contribution in [0.2, 0.25) is 0 Å². The van der Waals surface area contributed by atoms with Gasteiger partial charge in [-0.3, -0.25) is 14.3 Å². The molecular weight excluding hydrogens is 518 g/mol. The minimum atomic E-state index is -0.738. The molecule has 0 bridgehead atoms. The lowest BCUT2D eigenvalue weighted by Gasteiger charge is -2.38. The number of para-hydroxylation sites is 1. The number of amides is 1. The van der Waals surface area contributed by atoms with E-state index in [1.165, 1.54) is 0 Å². The maximum Gasteiger partial charge on any atom is 0.288 e. The monoisotopic (exact) mass is 559 g/mol. The van der Waals surface area contributed by atoms with Gasteiger partial charge in [0.1, 0.15) is 0 Å². The molecule has 1 saturated heterocycles. The van der Waals surface area contributed by atoms with Crippen molar-refractivity contribution < 1.29 is 33.6 Å². The van der Waals surface area contributed by atoms with Crippen molar-refractivity contribution in [3.63, 3.8) is 0 Å². The van der Waals surface area contributed by atoms with Crippen LogP contribution in [0, 0.1) is 12.8 Å². The van der Waals surface area contributed by atoms with Gasteiger partial charge in [-0.15, -0.1) is 0 Å². The zero-order chi connectivity index (χ0) is 28.5. The fourth-order valence-electron chi connectivity index (χ4n) is 5.27. The number of carbonyl (C=O) groups is 1. The summed E-state index contributed by atoms with van der Waals surface area (Å²) in [7, 11) is 1.86. The largest absolute Gasteiger partial charge is 0.459 e. The molecule has 1 fully saturated rings. The molecule has 4 rings (SSSR count). The van der Waals surface area contributed by atoms with Crippen LogP contribution in [0.4, 0.5) is 0 Å². The van der Waals surface area contributed by atoms with Crippen LogP contribution in [0.1, 0.15) is 30.5 Å². The Morgan fingerprint density at radius 2 is 1.77 bits per heavy atom. The Morgan fingerprint density at radius 1 is 1.07 bits per heavy atom. The van der Waals surface area contributed by atoms with E-state index in [-0.39, 0.29) is 36.4 Å². The second-order valence-electron chi connectivity index (χ2n) is 9.78. The first-order valence-corrected chi connectivity index (χ1v) is 13.9. The second kappa shape index (κ2) is 14.6. The Labute approximate surface area is 234 Å². The van der Waals surface area contributed by atoms with Gasteiger partial charge in [0.2, 0.25) is 6.29 Å². The average molecular weight is 560 g/mol. The minimum absolute atomic E-state index is 0.0358. The molecule has 1 amide bonds. The van der Waals surface area contributed by atoms with Crippen LogP contribution in [-0.4, -0.2) is 97.5 Å². The number of rotatable bonds is 13. The summed E-state index contributed by atoms with van der Waals surface area (Å²) in [5, 5.41) is 8.88. The van der Waals surface area contributed by atoms with Crippen LogP contribution in [-0.2, 0) is 35.5 Å². The fourth-order valence-corrected chi connectivity index (χ4v) is 5.27. The van der Waals surface area contributed by atoms with Crippen molar-refractivity contribution in [2.45, 2.75) is 32.5 Å². The number of nitrogens with zero attached hydrogens (tertiary/aromatic N) is 3. The predicted octanol–water partition coefficient (Wildman–Crippen LogP) is 1.74. The van der Waals surface area contributed by atoms with Gasteiger partial charge in [-0.05, 0) is 38.5 Å². The van der Waals surface area contributed by atoms with E-state index in [2.05, 4.69) is 0 Å². The number of hydrogen-bond donors (Lipinski definition) is 1. The van der Waals surface area contributed by atoms with Gasteiger partial charge >= 0.3 is 0 Å². The van der Waals surface area contributed by atoms with Crippen molar-refractivity contribution in [3.05, 3.63) is 63.8 Å². The van der Waals surface area contributed by atoms with Crippen LogP contribution < -0.4 is 5.56 Å². The number of hydrogen-bond acceptors (Lipinski definition) is 8. The van der Waals surface area contributed by atoms with Gasteiger partial charge in [-0.2, -0.15) is 0 Å². The van der Waals surface area contributed by atoms with Gasteiger partial charge in [0.15, 0.2) is 5.76 Å². The highest BCUT2D eigenvalue weighted by Crippen LogP contribution is 2.39. The van der Waals surface area contributed by atoms with Gasteiger partial charge in [-0.1, -0.05) is 18.2 Å². The molecule has 1 aromatic heterocycles. The molecule has 0 aliphatic carbocycles. The van der Waals surface area contributed by atoms with E-state index in [9.17, 15) is 9.59 Å². The quantitative estimate of drug-likeness (QED) is 0.369. The number of aliphatic hydroxyl groups is 1. The molecule has 3 unspecified atom stereocenters. The number of ether oxygens (including phenoxy) is 5. The Hall–Kier alpha value is -2.96. The summed E-state index contributed by atoms with van der Waals surface area (Å²) in [5.74, 6) is -0.764. The standard InChI is InChI=1S/C29H41N3O8/c1-4-39-29-23(10-14-36-18-19-38-17-13-33)24(20-25(40-29)27(34)31-11-15-37-16-12-31)26-21(2)30(3)32(28(26)35)22-8-6-5-7-9-22/h5-9,20,23-24,29,33H,4,10-19H2,1-3H3. The molecule has 1 aromatic carbocycles.